The van der Waals surface area contributed by atoms with Crippen molar-refractivity contribution in [2.24, 2.45) is 0 Å². The number of imidazole rings is 1. The highest BCUT2D eigenvalue weighted by Crippen LogP contribution is 2.19. The van der Waals surface area contributed by atoms with E-state index in [0.29, 0.717) is 5.56 Å². The Balaban J connectivity index is 1.74. The summed E-state index contributed by atoms with van der Waals surface area (Å²) in [6, 6.07) is 12.7. The lowest BCUT2D eigenvalue weighted by Crippen LogP contribution is -2.27. The van der Waals surface area contributed by atoms with Gasteiger partial charge in [0.2, 0.25) is 10.0 Å². The van der Waals surface area contributed by atoms with Crippen molar-refractivity contribution in [2.45, 2.75) is 17.9 Å². The third kappa shape index (κ3) is 4.24. The maximum atomic E-state index is 12.6. The molecule has 140 valence electrons. The van der Waals surface area contributed by atoms with Gasteiger partial charge in [0.1, 0.15) is 0 Å². The standard InChI is InChI=1S/C19H19N3O4S/c1-14(15-3-7-17(8-4-15)22-12-11-20-13-22)21-27(24,25)18-9-5-16(6-10-18)19(23)26-2/h3-14,21H,1-2H3/t14-/m1/s1. The molecule has 0 unspecified atom stereocenters. The Bertz CT molecular complexity index is 1010. The molecule has 0 amide bonds. The van der Waals surface area contributed by atoms with Crippen LogP contribution in [0.5, 0.6) is 0 Å². The molecular formula is C19H19N3O4S. The number of rotatable bonds is 6. The number of nitrogens with one attached hydrogen (secondary N) is 1. The highest BCUT2D eigenvalue weighted by molar-refractivity contribution is 7.89. The van der Waals surface area contributed by atoms with Gasteiger partial charge >= 0.3 is 5.97 Å². The molecule has 1 N–H and O–H groups in total. The normalized spacial score (nSPS) is 12.5. The van der Waals surface area contributed by atoms with E-state index < -0.39 is 22.0 Å². The van der Waals surface area contributed by atoms with Gasteiger partial charge in [-0.15, -0.1) is 0 Å². The maximum absolute atomic E-state index is 12.6. The molecule has 0 aliphatic heterocycles. The van der Waals surface area contributed by atoms with E-state index >= 15 is 0 Å². The molecule has 0 radical (unpaired) electrons. The third-order valence-electron chi connectivity index (χ3n) is 4.11. The molecule has 1 heterocycles. The second-order valence-corrected chi connectivity index (χ2v) is 7.63. The van der Waals surface area contributed by atoms with Gasteiger partial charge in [0.15, 0.2) is 0 Å². The number of aromatic nitrogens is 2. The topological polar surface area (TPSA) is 90.3 Å². The monoisotopic (exact) mass is 385 g/mol. The van der Waals surface area contributed by atoms with Crippen LogP contribution in [0, 0.1) is 0 Å². The molecule has 1 atom stereocenters. The van der Waals surface area contributed by atoms with Crippen LogP contribution in [-0.2, 0) is 14.8 Å². The van der Waals surface area contributed by atoms with Gasteiger partial charge in [0.05, 0.1) is 23.9 Å². The first-order valence-corrected chi connectivity index (χ1v) is 9.68. The van der Waals surface area contributed by atoms with E-state index in [-0.39, 0.29) is 4.90 Å². The van der Waals surface area contributed by atoms with Crippen molar-refractivity contribution < 1.29 is 17.9 Å². The number of hydrogen-bond donors (Lipinski definition) is 1. The summed E-state index contributed by atoms with van der Waals surface area (Å²) in [5, 5.41) is 0. The van der Waals surface area contributed by atoms with Crippen molar-refractivity contribution in [1.82, 2.24) is 14.3 Å². The van der Waals surface area contributed by atoms with Crippen molar-refractivity contribution in [1.29, 1.82) is 0 Å². The van der Waals surface area contributed by atoms with Crippen LogP contribution in [0.1, 0.15) is 28.9 Å². The molecule has 3 rings (SSSR count). The minimum Gasteiger partial charge on any atom is -0.465 e. The first kappa shape index (κ1) is 18.8. The molecule has 0 saturated carbocycles. The summed E-state index contributed by atoms with van der Waals surface area (Å²) >= 11 is 0. The molecule has 8 heteroatoms. The fraction of sp³-hybridized carbons (Fsp3) is 0.158. The smallest absolute Gasteiger partial charge is 0.337 e. The molecule has 0 aliphatic carbocycles. The fourth-order valence-corrected chi connectivity index (χ4v) is 3.84. The first-order valence-electron chi connectivity index (χ1n) is 8.20. The van der Waals surface area contributed by atoms with Crippen molar-refractivity contribution >= 4 is 16.0 Å². The molecule has 0 aliphatic rings. The molecule has 0 spiro atoms. The minimum absolute atomic E-state index is 0.0806. The van der Waals surface area contributed by atoms with E-state index in [4.69, 9.17) is 0 Å². The second-order valence-electron chi connectivity index (χ2n) is 5.92. The van der Waals surface area contributed by atoms with E-state index in [0.717, 1.165) is 11.3 Å². The molecule has 0 saturated heterocycles. The zero-order valence-corrected chi connectivity index (χ0v) is 15.7. The van der Waals surface area contributed by atoms with Gasteiger partial charge in [0.25, 0.3) is 0 Å². The molecule has 7 nitrogen and oxygen atoms in total. The lowest BCUT2D eigenvalue weighted by molar-refractivity contribution is 0.0600. The zero-order chi connectivity index (χ0) is 19.4. The lowest BCUT2D eigenvalue weighted by atomic mass is 10.1. The van der Waals surface area contributed by atoms with Crippen molar-refractivity contribution in [3.8, 4) is 5.69 Å². The van der Waals surface area contributed by atoms with Crippen LogP contribution in [-0.4, -0.2) is 31.0 Å². The largest absolute Gasteiger partial charge is 0.465 e. The summed E-state index contributed by atoms with van der Waals surface area (Å²) in [7, 11) is -2.46. The summed E-state index contributed by atoms with van der Waals surface area (Å²) in [5.74, 6) is -0.516. The molecule has 0 fully saturated rings. The fourth-order valence-electron chi connectivity index (χ4n) is 2.60. The predicted molar refractivity (Wildman–Crippen MR) is 100 cm³/mol. The van der Waals surface area contributed by atoms with Crippen LogP contribution in [0.15, 0.2) is 72.1 Å². The number of hydrogen-bond acceptors (Lipinski definition) is 5. The minimum atomic E-state index is -3.73. The number of nitrogens with zero attached hydrogens (tertiary/aromatic N) is 2. The van der Waals surface area contributed by atoms with E-state index in [1.165, 1.54) is 31.4 Å². The average Bonchev–Trinajstić information content (AvgIpc) is 3.22. The Morgan fingerprint density at radius 2 is 1.78 bits per heavy atom. The van der Waals surface area contributed by atoms with Crippen LogP contribution in [0.25, 0.3) is 5.69 Å². The molecule has 3 aromatic rings. The van der Waals surface area contributed by atoms with Gasteiger partial charge in [-0.2, -0.15) is 0 Å². The molecule has 2 aromatic carbocycles. The first-order chi connectivity index (χ1) is 12.9. The highest BCUT2D eigenvalue weighted by Gasteiger charge is 2.19. The van der Waals surface area contributed by atoms with Gasteiger partial charge in [-0.1, -0.05) is 12.1 Å². The van der Waals surface area contributed by atoms with Crippen LogP contribution in [0.3, 0.4) is 0 Å². The summed E-state index contributed by atoms with van der Waals surface area (Å²) in [6.45, 7) is 1.77. The molecule has 27 heavy (non-hydrogen) atoms. The third-order valence-corrected chi connectivity index (χ3v) is 5.67. The van der Waals surface area contributed by atoms with E-state index in [1.54, 1.807) is 19.4 Å². The van der Waals surface area contributed by atoms with Gasteiger partial charge in [-0.3, -0.25) is 0 Å². The van der Waals surface area contributed by atoms with Gasteiger partial charge in [-0.05, 0) is 48.9 Å². The van der Waals surface area contributed by atoms with Gasteiger partial charge < -0.3 is 9.30 Å². The van der Waals surface area contributed by atoms with E-state index in [2.05, 4.69) is 14.4 Å². The summed E-state index contributed by atoms with van der Waals surface area (Å²) in [4.78, 5) is 15.5. The Morgan fingerprint density at radius 3 is 2.33 bits per heavy atom. The highest BCUT2D eigenvalue weighted by atomic mass is 32.2. The Hall–Kier alpha value is -2.97. The Labute approximate surface area is 157 Å². The van der Waals surface area contributed by atoms with E-state index in [9.17, 15) is 13.2 Å². The van der Waals surface area contributed by atoms with Crippen LogP contribution in [0.2, 0.25) is 0 Å². The zero-order valence-electron chi connectivity index (χ0n) is 14.9. The summed E-state index contributed by atoms with van der Waals surface area (Å²) in [5.41, 5.74) is 2.05. The summed E-state index contributed by atoms with van der Waals surface area (Å²) < 4.78 is 34.3. The number of esters is 1. The van der Waals surface area contributed by atoms with Crippen molar-refractivity contribution in [3.63, 3.8) is 0 Å². The van der Waals surface area contributed by atoms with Gasteiger partial charge in [-0.25, -0.2) is 22.9 Å². The summed E-state index contributed by atoms with van der Waals surface area (Å²) in [6.07, 6.45) is 5.22. The molecule has 0 bridgehead atoms. The predicted octanol–water partition coefficient (Wildman–Crippen LogP) is 2.70. The number of methoxy groups -OCH3 is 1. The van der Waals surface area contributed by atoms with Crippen molar-refractivity contribution in [2.75, 3.05) is 7.11 Å². The van der Waals surface area contributed by atoms with E-state index in [1.807, 2.05) is 35.0 Å². The second kappa shape index (κ2) is 7.73. The molecular weight excluding hydrogens is 366 g/mol. The average molecular weight is 385 g/mol. The maximum Gasteiger partial charge on any atom is 0.337 e. The Morgan fingerprint density at radius 1 is 1.11 bits per heavy atom. The molecule has 1 aromatic heterocycles. The van der Waals surface area contributed by atoms with Crippen LogP contribution in [0.4, 0.5) is 0 Å². The van der Waals surface area contributed by atoms with Gasteiger partial charge in [0, 0.05) is 24.1 Å². The number of sulfonamides is 1. The lowest BCUT2D eigenvalue weighted by Gasteiger charge is -2.15. The van der Waals surface area contributed by atoms with Crippen molar-refractivity contribution in [3.05, 3.63) is 78.4 Å². The van der Waals surface area contributed by atoms with Crippen LogP contribution < -0.4 is 4.72 Å². The SMILES string of the molecule is COC(=O)c1ccc(S(=O)(=O)N[C@H](C)c2ccc(-n3ccnc3)cc2)cc1. The number of carbonyl (C=O) groups excluding carboxylic acids is 1. The Kier molecular flexibility index (Phi) is 5.38. The number of ether oxygens (including phenoxy) is 1. The van der Waals surface area contributed by atoms with Crippen LogP contribution >= 0.6 is 0 Å². The number of carbonyl (C=O) groups is 1. The quantitative estimate of drug-likeness (QED) is 0.659. The number of benzene rings is 2.